The van der Waals surface area contributed by atoms with Crippen molar-refractivity contribution in [2.45, 2.75) is 25.3 Å². The molecule has 160 valence electrons. The fourth-order valence-corrected chi connectivity index (χ4v) is 3.81. The van der Waals surface area contributed by atoms with Gasteiger partial charge in [0.15, 0.2) is 23.3 Å². The fraction of sp³-hybridized carbons (Fsp3) is 0.450. The van der Waals surface area contributed by atoms with Crippen LogP contribution in [0.3, 0.4) is 0 Å². The lowest BCUT2D eigenvalue weighted by Gasteiger charge is -2.33. The van der Waals surface area contributed by atoms with Crippen molar-refractivity contribution in [1.82, 2.24) is 25.1 Å². The largest absolute Gasteiger partial charge is 0.450 e. The summed E-state index contributed by atoms with van der Waals surface area (Å²) in [5.41, 5.74) is 5.82. The molecule has 0 radical (unpaired) electrons. The van der Waals surface area contributed by atoms with Gasteiger partial charge >= 0.3 is 5.69 Å². The number of para-hydroxylation sites is 2. The van der Waals surface area contributed by atoms with E-state index in [-0.39, 0.29) is 17.7 Å². The third kappa shape index (κ3) is 4.71. The Labute approximate surface area is 174 Å². The Morgan fingerprint density at radius 2 is 2.07 bits per heavy atom. The molecule has 0 aliphatic carbocycles. The molecule has 6 N–H and O–H groups in total. The summed E-state index contributed by atoms with van der Waals surface area (Å²) in [4.78, 5) is 19.2. The van der Waals surface area contributed by atoms with Crippen LogP contribution in [0.5, 0.6) is 11.5 Å². The van der Waals surface area contributed by atoms with Crippen LogP contribution in [-0.2, 0) is 0 Å². The van der Waals surface area contributed by atoms with Crippen molar-refractivity contribution in [1.29, 1.82) is 5.41 Å². The molecular weight excluding hydrogens is 384 g/mol. The number of nitrogens with one attached hydrogen (secondary N) is 4. The number of aromatic nitrogens is 2. The second-order valence-electron chi connectivity index (χ2n) is 7.57. The lowest BCUT2D eigenvalue weighted by molar-refractivity contribution is 0.172. The molecule has 0 atom stereocenters. The van der Waals surface area contributed by atoms with Crippen LogP contribution in [-0.4, -0.2) is 53.3 Å². The van der Waals surface area contributed by atoms with Gasteiger partial charge in [-0.05, 0) is 37.9 Å². The van der Waals surface area contributed by atoms with Crippen LogP contribution in [0.4, 0.5) is 11.5 Å². The lowest BCUT2D eigenvalue weighted by Crippen LogP contribution is -2.42. The zero-order valence-electron chi connectivity index (χ0n) is 16.9. The molecule has 0 bridgehead atoms. The number of nitrogens with two attached hydrogens (primary N) is 1. The van der Waals surface area contributed by atoms with Gasteiger partial charge in [-0.25, -0.2) is 4.79 Å². The van der Waals surface area contributed by atoms with E-state index in [0.29, 0.717) is 18.1 Å². The van der Waals surface area contributed by atoms with Gasteiger partial charge in [-0.1, -0.05) is 12.1 Å². The van der Waals surface area contributed by atoms with E-state index < -0.39 is 0 Å². The number of hydrogen-bond donors (Lipinski definition) is 5. The molecule has 1 saturated heterocycles. The number of anilines is 2. The van der Waals surface area contributed by atoms with Crippen molar-refractivity contribution in [3.63, 3.8) is 0 Å². The minimum atomic E-state index is -0.251. The molecule has 2 aliphatic rings. The van der Waals surface area contributed by atoms with Crippen LogP contribution in [0.15, 0.2) is 35.3 Å². The highest BCUT2D eigenvalue weighted by Crippen LogP contribution is 2.40. The van der Waals surface area contributed by atoms with Gasteiger partial charge in [-0.15, -0.1) is 0 Å². The first-order chi connectivity index (χ1) is 14.6. The highest BCUT2D eigenvalue weighted by atomic mass is 16.5. The molecule has 1 aromatic heterocycles. The first-order valence-corrected chi connectivity index (χ1v) is 10.3. The molecule has 30 heavy (non-hydrogen) atoms. The monoisotopic (exact) mass is 412 g/mol. The standard InChI is InChI=1S/C20H28N8O2/c21-19(22)24-9-3-8-23-13-27-10-6-14(7-11-27)28-12-17-18(26-20(28)29)25-15-4-1-2-5-16(15)30-17/h1-2,4-5,12,14,23H,3,6-11,13H2,(H4,21,22,24)(H,25,26,29). The van der Waals surface area contributed by atoms with E-state index in [4.69, 9.17) is 15.9 Å². The highest BCUT2D eigenvalue weighted by Gasteiger charge is 2.25. The van der Waals surface area contributed by atoms with Crippen molar-refractivity contribution in [3.8, 4) is 11.5 Å². The molecule has 1 fully saturated rings. The number of ether oxygens (including phenoxy) is 1. The smallest absolute Gasteiger partial charge is 0.350 e. The first-order valence-electron chi connectivity index (χ1n) is 10.3. The number of fused-ring (bicyclic) bond motifs is 2. The van der Waals surface area contributed by atoms with Crippen LogP contribution >= 0.6 is 0 Å². The summed E-state index contributed by atoms with van der Waals surface area (Å²) in [6.45, 7) is 4.19. The van der Waals surface area contributed by atoms with Crippen LogP contribution in [0, 0.1) is 5.41 Å². The highest BCUT2D eigenvalue weighted by molar-refractivity contribution is 5.74. The first kappa shape index (κ1) is 20.2. The average molecular weight is 412 g/mol. The molecule has 10 nitrogen and oxygen atoms in total. The summed E-state index contributed by atoms with van der Waals surface area (Å²) in [5, 5.41) is 16.5. The summed E-state index contributed by atoms with van der Waals surface area (Å²) in [7, 11) is 0. The Kier molecular flexibility index (Phi) is 6.15. The Morgan fingerprint density at radius 3 is 2.87 bits per heavy atom. The van der Waals surface area contributed by atoms with E-state index in [9.17, 15) is 4.79 Å². The molecule has 0 spiro atoms. The Bertz CT molecular complexity index is 952. The molecule has 0 saturated carbocycles. The van der Waals surface area contributed by atoms with Gasteiger partial charge in [0.1, 0.15) is 0 Å². The molecule has 0 amide bonds. The number of piperidine rings is 1. The molecular formula is C20H28N8O2. The second kappa shape index (κ2) is 9.14. The third-order valence-electron chi connectivity index (χ3n) is 5.41. The van der Waals surface area contributed by atoms with E-state index in [1.165, 1.54) is 0 Å². The molecule has 4 rings (SSSR count). The van der Waals surface area contributed by atoms with E-state index >= 15 is 0 Å². The summed E-state index contributed by atoms with van der Waals surface area (Å²) < 4.78 is 7.67. The summed E-state index contributed by atoms with van der Waals surface area (Å²) in [6, 6.07) is 7.73. The van der Waals surface area contributed by atoms with Gasteiger partial charge in [-0.3, -0.25) is 14.9 Å². The van der Waals surface area contributed by atoms with E-state index in [2.05, 4.69) is 25.8 Å². The van der Waals surface area contributed by atoms with Crippen LogP contribution in [0.25, 0.3) is 0 Å². The van der Waals surface area contributed by atoms with E-state index in [1.807, 2.05) is 24.3 Å². The average Bonchev–Trinajstić information content (AvgIpc) is 2.74. The van der Waals surface area contributed by atoms with Crippen LogP contribution in [0.1, 0.15) is 25.3 Å². The number of hydrogen-bond acceptors (Lipinski definition) is 7. The molecule has 2 aliphatic heterocycles. The van der Waals surface area contributed by atoms with Crippen molar-refractivity contribution in [2.24, 2.45) is 5.73 Å². The van der Waals surface area contributed by atoms with Gasteiger partial charge in [0.05, 0.1) is 11.9 Å². The number of rotatable bonds is 7. The van der Waals surface area contributed by atoms with Gasteiger partial charge < -0.3 is 26.4 Å². The number of guanidine groups is 1. The second-order valence-corrected chi connectivity index (χ2v) is 7.57. The Morgan fingerprint density at radius 1 is 1.27 bits per heavy atom. The van der Waals surface area contributed by atoms with Gasteiger partial charge in [0, 0.05) is 32.3 Å². The van der Waals surface area contributed by atoms with Gasteiger partial charge in [0.2, 0.25) is 0 Å². The predicted molar refractivity (Wildman–Crippen MR) is 116 cm³/mol. The maximum absolute atomic E-state index is 12.6. The zero-order valence-corrected chi connectivity index (χ0v) is 16.9. The number of nitrogens with zero attached hydrogens (tertiary/aromatic N) is 3. The Balaban J connectivity index is 1.29. The summed E-state index contributed by atoms with van der Waals surface area (Å²) >= 11 is 0. The Hall–Kier alpha value is -3.11. The maximum atomic E-state index is 12.6. The molecule has 0 unspecified atom stereocenters. The summed E-state index contributed by atoms with van der Waals surface area (Å²) in [5.74, 6) is 1.79. The van der Waals surface area contributed by atoms with Crippen LogP contribution < -0.4 is 32.1 Å². The topological polar surface area (TPSA) is 133 Å². The number of likely N-dealkylation sites (tertiary alicyclic amines) is 1. The lowest BCUT2D eigenvalue weighted by atomic mass is 10.1. The SMILES string of the molecule is N=C(N)NCCCNCN1CCC(n2cc3c(nc2=O)Nc2ccccc2O3)CC1. The third-order valence-corrected chi connectivity index (χ3v) is 5.41. The van der Waals surface area contributed by atoms with E-state index in [0.717, 1.165) is 57.0 Å². The van der Waals surface area contributed by atoms with Gasteiger partial charge in [0.25, 0.3) is 0 Å². The van der Waals surface area contributed by atoms with Crippen LogP contribution in [0.2, 0.25) is 0 Å². The summed E-state index contributed by atoms with van der Waals surface area (Å²) in [6.07, 6.45) is 4.47. The molecule has 10 heteroatoms. The van der Waals surface area contributed by atoms with Crippen molar-refractivity contribution in [2.75, 3.05) is 38.2 Å². The fourth-order valence-electron chi connectivity index (χ4n) is 3.81. The molecule has 1 aromatic carbocycles. The quantitative estimate of drug-likeness (QED) is 0.222. The normalized spacial score (nSPS) is 16.1. The number of benzene rings is 1. The van der Waals surface area contributed by atoms with Crippen molar-refractivity contribution in [3.05, 3.63) is 40.9 Å². The van der Waals surface area contributed by atoms with Gasteiger partial charge in [-0.2, -0.15) is 4.98 Å². The molecule has 2 aromatic rings. The van der Waals surface area contributed by atoms with Crippen molar-refractivity contribution < 1.29 is 4.74 Å². The van der Waals surface area contributed by atoms with Crippen molar-refractivity contribution >= 4 is 17.5 Å². The maximum Gasteiger partial charge on any atom is 0.350 e. The minimum Gasteiger partial charge on any atom is -0.450 e. The molecule has 3 heterocycles. The predicted octanol–water partition coefficient (Wildman–Crippen LogP) is 1.15. The van der Waals surface area contributed by atoms with E-state index in [1.54, 1.807) is 10.8 Å². The minimum absolute atomic E-state index is 0.00868. The zero-order chi connectivity index (χ0) is 20.9.